The summed E-state index contributed by atoms with van der Waals surface area (Å²) in [6, 6.07) is 2.18. The van der Waals surface area contributed by atoms with Crippen LogP contribution >= 0.6 is 0 Å². The van der Waals surface area contributed by atoms with Gasteiger partial charge in [-0.15, -0.1) is 21.9 Å². The van der Waals surface area contributed by atoms with Gasteiger partial charge in [-0.05, 0) is 25.0 Å². The second-order valence-electron chi connectivity index (χ2n) is 6.90. The van der Waals surface area contributed by atoms with Crippen LogP contribution in [0.25, 0.3) is 5.65 Å². The van der Waals surface area contributed by atoms with Crippen molar-refractivity contribution >= 4 is 29.4 Å². The average molecular weight is 455 g/mol. The number of carbonyl (C=O) groups is 3. The molecule has 0 aliphatic carbocycles. The Morgan fingerprint density at radius 2 is 1.94 bits per heavy atom. The summed E-state index contributed by atoms with van der Waals surface area (Å²) in [4.78, 5) is 36.9. The molecule has 0 unspecified atom stereocenters. The molecule has 3 amide bonds. The topological polar surface area (TPSA) is 131 Å². The number of hydrogen-bond donors (Lipinski definition) is 2. The number of imide groups is 1. The highest BCUT2D eigenvalue weighted by molar-refractivity contribution is 5.95. The minimum absolute atomic E-state index is 0.0315. The van der Waals surface area contributed by atoms with Gasteiger partial charge in [-0.3, -0.25) is 14.9 Å². The molecular weight excluding hydrogens is 435 g/mol. The van der Waals surface area contributed by atoms with Gasteiger partial charge in [-0.1, -0.05) is 6.08 Å². The van der Waals surface area contributed by atoms with E-state index in [0.717, 1.165) is 0 Å². The van der Waals surface area contributed by atoms with Gasteiger partial charge in [0.15, 0.2) is 12.3 Å². The Kier molecular flexibility index (Phi) is 6.90. The summed E-state index contributed by atoms with van der Waals surface area (Å²) >= 11 is 0. The highest BCUT2D eigenvalue weighted by atomic mass is 19.4. The van der Waals surface area contributed by atoms with Gasteiger partial charge in [0.2, 0.25) is 0 Å². The van der Waals surface area contributed by atoms with E-state index in [1.165, 1.54) is 18.2 Å². The molecule has 11 nitrogen and oxygen atoms in total. The molecule has 2 aromatic heterocycles. The number of urea groups is 1. The van der Waals surface area contributed by atoms with Crippen molar-refractivity contribution in [2.45, 2.75) is 19.0 Å². The number of nitrogens with zero attached hydrogens (tertiary/aromatic N) is 5. The van der Waals surface area contributed by atoms with Crippen LogP contribution in [0.4, 0.5) is 23.8 Å². The molecule has 0 atom stereocenters. The number of rotatable bonds is 6. The Balaban J connectivity index is 1.51. The predicted molar refractivity (Wildman–Crippen MR) is 103 cm³/mol. The number of ether oxygens (including phenoxy) is 1. The zero-order valence-electron chi connectivity index (χ0n) is 16.8. The van der Waals surface area contributed by atoms with Crippen molar-refractivity contribution in [3.8, 4) is 0 Å². The third kappa shape index (κ3) is 5.50. The third-order valence-corrected chi connectivity index (χ3v) is 4.66. The highest BCUT2D eigenvalue weighted by Crippen LogP contribution is 2.28. The first kappa shape index (κ1) is 23.0. The SMILES string of the molecule is C=CCNC(=O)NC(=O)COC(=O)C1CCN(c2ccc3nnc(C(F)(F)F)n3n2)CC1. The second-order valence-corrected chi connectivity index (χ2v) is 6.90. The van der Waals surface area contributed by atoms with E-state index in [4.69, 9.17) is 4.74 Å². The van der Waals surface area contributed by atoms with E-state index in [1.54, 1.807) is 4.90 Å². The fourth-order valence-corrected chi connectivity index (χ4v) is 3.10. The predicted octanol–water partition coefficient (Wildman–Crippen LogP) is 0.914. The van der Waals surface area contributed by atoms with Crippen molar-refractivity contribution in [3.05, 3.63) is 30.6 Å². The molecule has 0 bridgehead atoms. The minimum Gasteiger partial charge on any atom is -0.455 e. The zero-order valence-corrected chi connectivity index (χ0v) is 16.8. The van der Waals surface area contributed by atoms with Gasteiger partial charge in [0.05, 0.1) is 5.92 Å². The number of amides is 3. The average Bonchev–Trinajstić information content (AvgIpc) is 3.20. The number of fused-ring (bicyclic) bond motifs is 1. The summed E-state index contributed by atoms with van der Waals surface area (Å²) in [7, 11) is 0. The molecule has 0 spiro atoms. The maximum absolute atomic E-state index is 13.0. The monoisotopic (exact) mass is 455 g/mol. The van der Waals surface area contributed by atoms with Crippen molar-refractivity contribution in [2.75, 3.05) is 31.1 Å². The number of piperidine rings is 1. The first-order chi connectivity index (χ1) is 15.2. The molecule has 2 N–H and O–H groups in total. The highest BCUT2D eigenvalue weighted by Gasteiger charge is 2.38. The summed E-state index contributed by atoms with van der Waals surface area (Å²) in [5.41, 5.74) is -0.0315. The zero-order chi connectivity index (χ0) is 23.3. The Labute approximate surface area is 179 Å². The van der Waals surface area contributed by atoms with Crippen LogP contribution in [0.1, 0.15) is 18.7 Å². The van der Waals surface area contributed by atoms with E-state index in [0.29, 0.717) is 36.3 Å². The van der Waals surface area contributed by atoms with Gasteiger partial charge in [-0.2, -0.15) is 17.7 Å². The number of hydrogen-bond acceptors (Lipinski definition) is 8. The maximum atomic E-state index is 13.0. The molecule has 0 aromatic carbocycles. The third-order valence-electron chi connectivity index (χ3n) is 4.66. The lowest BCUT2D eigenvalue weighted by atomic mass is 9.97. The van der Waals surface area contributed by atoms with Crippen LogP contribution in [0.15, 0.2) is 24.8 Å². The summed E-state index contributed by atoms with van der Waals surface area (Å²) < 4.78 is 44.7. The summed E-state index contributed by atoms with van der Waals surface area (Å²) in [5, 5.41) is 14.9. The van der Waals surface area contributed by atoms with Gasteiger partial charge in [0.25, 0.3) is 11.7 Å². The summed E-state index contributed by atoms with van der Waals surface area (Å²) in [5.74, 6) is -2.78. The van der Waals surface area contributed by atoms with Gasteiger partial charge in [0.1, 0.15) is 5.82 Å². The van der Waals surface area contributed by atoms with Crippen molar-refractivity contribution < 1.29 is 32.3 Å². The van der Waals surface area contributed by atoms with Crippen molar-refractivity contribution in [3.63, 3.8) is 0 Å². The fraction of sp³-hybridized carbons (Fsp3) is 0.444. The lowest BCUT2D eigenvalue weighted by Crippen LogP contribution is -2.42. The maximum Gasteiger partial charge on any atom is 0.453 e. The van der Waals surface area contributed by atoms with E-state index in [9.17, 15) is 27.6 Å². The molecule has 3 rings (SSSR count). The van der Waals surface area contributed by atoms with E-state index in [1.807, 2.05) is 5.32 Å². The first-order valence-electron chi connectivity index (χ1n) is 9.59. The number of carbonyl (C=O) groups excluding carboxylic acids is 3. The molecule has 0 saturated carbocycles. The number of anilines is 1. The number of nitrogens with one attached hydrogen (secondary N) is 2. The first-order valence-corrected chi connectivity index (χ1v) is 9.59. The molecule has 1 aliphatic heterocycles. The molecule has 32 heavy (non-hydrogen) atoms. The van der Waals surface area contributed by atoms with Crippen LogP contribution in [-0.4, -0.2) is 64.0 Å². The number of alkyl halides is 3. The fourth-order valence-electron chi connectivity index (χ4n) is 3.10. The lowest BCUT2D eigenvalue weighted by Gasteiger charge is -2.31. The normalized spacial score (nSPS) is 14.8. The van der Waals surface area contributed by atoms with E-state index >= 15 is 0 Å². The van der Waals surface area contributed by atoms with Crippen LogP contribution in [0.5, 0.6) is 0 Å². The van der Waals surface area contributed by atoms with Gasteiger partial charge in [-0.25, -0.2) is 4.79 Å². The smallest absolute Gasteiger partial charge is 0.453 e. The number of esters is 1. The van der Waals surface area contributed by atoms with E-state index in [2.05, 4.69) is 27.2 Å². The molecule has 172 valence electrons. The van der Waals surface area contributed by atoms with Crippen LogP contribution in [0.3, 0.4) is 0 Å². The Bertz CT molecular complexity index is 1020. The van der Waals surface area contributed by atoms with Gasteiger partial charge >= 0.3 is 18.2 Å². The Hall–Kier alpha value is -3.71. The molecule has 1 saturated heterocycles. The molecule has 14 heteroatoms. The van der Waals surface area contributed by atoms with Crippen LogP contribution < -0.4 is 15.5 Å². The minimum atomic E-state index is -4.69. The number of halogens is 3. The quantitative estimate of drug-likeness (QED) is 0.486. The Morgan fingerprint density at radius 1 is 1.22 bits per heavy atom. The van der Waals surface area contributed by atoms with Crippen LogP contribution in [0.2, 0.25) is 0 Å². The van der Waals surface area contributed by atoms with Crippen LogP contribution in [0, 0.1) is 5.92 Å². The van der Waals surface area contributed by atoms with Crippen molar-refractivity contribution in [1.29, 1.82) is 0 Å². The largest absolute Gasteiger partial charge is 0.455 e. The van der Waals surface area contributed by atoms with Crippen molar-refractivity contribution in [2.24, 2.45) is 5.92 Å². The molecule has 1 fully saturated rings. The molecule has 1 aliphatic rings. The molecule has 3 heterocycles. The van der Waals surface area contributed by atoms with E-state index < -0.39 is 42.4 Å². The molecule has 0 radical (unpaired) electrons. The van der Waals surface area contributed by atoms with Gasteiger partial charge < -0.3 is 15.0 Å². The van der Waals surface area contributed by atoms with Gasteiger partial charge in [0, 0.05) is 19.6 Å². The number of aromatic nitrogens is 4. The molecule has 2 aromatic rings. The molecular formula is C18H20F3N7O4. The van der Waals surface area contributed by atoms with Crippen molar-refractivity contribution in [1.82, 2.24) is 30.4 Å². The lowest BCUT2D eigenvalue weighted by molar-refractivity contribution is -0.153. The van der Waals surface area contributed by atoms with Crippen LogP contribution in [-0.2, 0) is 20.5 Å². The summed E-state index contributed by atoms with van der Waals surface area (Å²) in [6.45, 7) is 3.68. The van der Waals surface area contributed by atoms with E-state index in [-0.39, 0.29) is 12.2 Å². The second kappa shape index (κ2) is 9.62. The standard InChI is InChI=1S/C18H20F3N7O4/c1-2-7-22-17(31)23-14(29)10-32-15(30)11-5-8-27(9-6-11)13-4-3-12-24-25-16(18(19,20)21)28(12)26-13/h2-4,11H,1,5-10H2,(H2,22,23,29,31). The summed E-state index contributed by atoms with van der Waals surface area (Å²) in [6.07, 6.45) is -2.55. The Morgan fingerprint density at radius 3 is 2.59 bits per heavy atom.